The predicted octanol–water partition coefficient (Wildman–Crippen LogP) is 0.165. The molecule has 3 N–H and O–H groups in total. The van der Waals surface area contributed by atoms with Gasteiger partial charge >= 0.3 is 0 Å². The number of carbonyl (C=O) groups excluding carboxylic acids is 1. The van der Waals surface area contributed by atoms with E-state index in [2.05, 4.69) is 5.32 Å². The molecule has 1 aromatic carbocycles. The summed E-state index contributed by atoms with van der Waals surface area (Å²) in [6.45, 7) is 1.81. The molecule has 0 atom stereocenters. The standard InChI is InChI=1S/C11H16FN3O3S/c1-3-14-11(16)7-15(2)19(17,18)10-5-4-8(12)6-9(10)13/h4-6H,3,7,13H2,1-2H3,(H,14,16). The van der Waals surface area contributed by atoms with Gasteiger partial charge < -0.3 is 11.1 Å². The average Bonchev–Trinajstić information content (AvgIpc) is 2.28. The van der Waals surface area contributed by atoms with Crippen molar-refractivity contribution in [1.82, 2.24) is 9.62 Å². The maximum atomic E-state index is 12.9. The van der Waals surface area contributed by atoms with Crippen molar-refractivity contribution in [1.29, 1.82) is 0 Å². The van der Waals surface area contributed by atoms with Gasteiger partial charge in [0.25, 0.3) is 0 Å². The number of nitrogens with zero attached hydrogens (tertiary/aromatic N) is 1. The van der Waals surface area contributed by atoms with Crippen molar-refractivity contribution in [2.24, 2.45) is 0 Å². The van der Waals surface area contributed by atoms with Crippen LogP contribution in [0.25, 0.3) is 0 Å². The number of rotatable bonds is 5. The summed E-state index contributed by atoms with van der Waals surface area (Å²) in [4.78, 5) is 11.1. The molecule has 0 bridgehead atoms. The second-order valence-electron chi connectivity index (χ2n) is 3.90. The van der Waals surface area contributed by atoms with E-state index >= 15 is 0 Å². The van der Waals surface area contributed by atoms with Crippen molar-refractivity contribution < 1.29 is 17.6 Å². The minimum absolute atomic E-state index is 0.192. The van der Waals surface area contributed by atoms with E-state index in [0.717, 1.165) is 22.5 Å². The Morgan fingerprint density at radius 3 is 2.63 bits per heavy atom. The van der Waals surface area contributed by atoms with Crippen LogP contribution < -0.4 is 11.1 Å². The summed E-state index contributed by atoms with van der Waals surface area (Å²) >= 11 is 0. The molecule has 6 nitrogen and oxygen atoms in total. The highest BCUT2D eigenvalue weighted by Gasteiger charge is 2.25. The first-order chi connectivity index (χ1) is 8.78. The average molecular weight is 289 g/mol. The van der Waals surface area contributed by atoms with Gasteiger partial charge in [0.15, 0.2) is 0 Å². The number of benzene rings is 1. The fourth-order valence-corrected chi connectivity index (χ4v) is 2.68. The van der Waals surface area contributed by atoms with Gasteiger partial charge in [0.1, 0.15) is 10.7 Å². The molecule has 0 heterocycles. The number of nitrogens with two attached hydrogens (primary N) is 1. The monoisotopic (exact) mass is 289 g/mol. The van der Waals surface area contributed by atoms with E-state index in [-0.39, 0.29) is 17.1 Å². The van der Waals surface area contributed by atoms with Gasteiger partial charge in [-0.25, -0.2) is 12.8 Å². The van der Waals surface area contributed by atoms with E-state index in [0.29, 0.717) is 6.54 Å². The van der Waals surface area contributed by atoms with Crippen LogP contribution in [0.3, 0.4) is 0 Å². The number of hydrogen-bond donors (Lipinski definition) is 2. The summed E-state index contributed by atoms with van der Waals surface area (Å²) in [5, 5.41) is 2.49. The summed E-state index contributed by atoms with van der Waals surface area (Å²) in [6.07, 6.45) is 0. The number of amides is 1. The molecule has 1 amide bonds. The second kappa shape index (κ2) is 5.98. The number of hydrogen-bond acceptors (Lipinski definition) is 4. The fraction of sp³-hybridized carbons (Fsp3) is 0.364. The van der Waals surface area contributed by atoms with Gasteiger partial charge in [-0.05, 0) is 25.1 Å². The molecule has 1 rings (SSSR count). The highest BCUT2D eigenvalue weighted by atomic mass is 32.2. The molecule has 19 heavy (non-hydrogen) atoms. The van der Waals surface area contributed by atoms with Crippen LogP contribution in [0.2, 0.25) is 0 Å². The van der Waals surface area contributed by atoms with Crippen molar-refractivity contribution in [3.63, 3.8) is 0 Å². The SMILES string of the molecule is CCNC(=O)CN(C)S(=O)(=O)c1ccc(F)cc1N. The first-order valence-electron chi connectivity index (χ1n) is 5.57. The van der Waals surface area contributed by atoms with E-state index in [4.69, 9.17) is 5.73 Å². The van der Waals surface area contributed by atoms with E-state index < -0.39 is 21.7 Å². The molecule has 1 aromatic rings. The zero-order valence-corrected chi connectivity index (χ0v) is 11.5. The van der Waals surface area contributed by atoms with Gasteiger partial charge in [-0.2, -0.15) is 4.31 Å². The Hall–Kier alpha value is -1.67. The van der Waals surface area contributed by atoms with Crippen LogP contribution in [0.1, 0.15) is 6.92 Å². The largest absolute Gasteiger partial charge is 0.398 e. The summed E-state index contributed by atoms with van der Waals surface area (Å²) in [7, 11) is -2.66. The second-order valence-corrected chi connectivity index (χ2v) is 5.91. The highest BCUT2D eigenvalue weighted by molar-refractivity contribution is 7.89. The van der Waals surface area contributed by atoms with E-state index in [1.807, 2.05) is 0 Å². The number of sulfonamides is 1. The molecule has 0 unspecified atom stereocenters. The number of anilines is 1. The number of halogens is 1. The maximum absolute atomic E-state index is 12.9. The fourth-order valence-electron chi connectivity index (χ4n) is 1.46. The molecule has 0 radical (unpaired) electrons. The van der Waals surface area contributed by atoms with Gasteiger partial charge in [-0.15, -0.1) is 0 Å². The van der Waals surface area contributed by atoms with Crippen LogP contribution in [-0.2, 0) is 14.8 Å². The third kappa shape index (κ3) is 3.65. The number of nitrogen functional groups attached to an aromatic ring is 1. The normalized spacial score (nSPS) is 11.6. The lowest BCUT2D eigenvalue weighted by Crippen LogP contribution is -2.38. The molecule has 0 aliphatic rings. The zero-order valence-electron chi connectivity index (χ0n) is 10.7. The number of carbonyl (C=O) groups is 1. The Kier molecular flexibility index (Phi) is 4.84. The van der Waals surface area contributed by atoms with Gasteiger partial charge in [0, 0.05) is 13.6 Å². The van der Waals surface area contributed by atoms with Crippen LogP contribution >= 0.6 is 0 Å². The minimum Gasteiger partial charge on any atom is -0.398 e. The zero-order chi connectivity index (χ0) is 14.6. The first kappa shape index (κ1) is 15.4. The third-order valence-corrected chi connectivity index (χ3v) is 4.28. The van der Waals surface area contributed by atoms with Crippen molar-refractivity contribution in [3.8, 4) is 0 Å². The lowest BCUT2D eigenvalue weighted by Gasteiger charge is -2.17. The Morgan fingerprint density at radius 2 is 2.11 bits per heavy atom. The molecular formula is C11H16FN3O3S. The Bertz CT molecular complexity index is 575. The third-order valence-electron chi connectivity index (χ3n) is 2.40. The van der Waals surface area contributed by atoms with E-state index in [1.165, 1.54) is 7.05 Å². The molecule has 0 spiro atoms. The summed E-state index contributed by atoms with van der Waals surface area (Å²) in [5.74, 6) is -1.04. The molecule has 0 saturated heterocycles. The lowest BCUT2D eigenvalue weighted by atomic mass is 10.3. The van der Waals surface area contributed by atoms with Gasteiger partial charge in [-0.1, -0.05) is 0 Å². The summed E-state index contributed by atoms with van der Waals surface area (Å²) < 4.78 is 38.1. The molecule has 0 aromatic heterocycles. The molecule has 106 valence electrons. The van der Waals surface area contributed by atoms with Crippen LogP contribution in [-0.4, -0.2) is 38.8 Å². The smallest absolute Gasteiger partial charge is 0.245 e. The van der Waals surface area contributed by atoms with Crippen molar-refractivity contribution in [2.75, 3.05) is 25.9 Å². The van der Waals surface area contributed by atoms with Crippen LogP contribution in [0, 0.1) is 5.82 Å². The Balaban J connectivity index is 3.00. The summed E-state index contributed by atoms with van der Waals surface area (Å²) in [5.41, 5.74) is 5.30. The Labute approximate surface area is 111 Å². The summed E-state index contributed by atoms with van der Waals surface area (Å²) in [6, 6.07) is 3.00. The quantitative estimate of drug-likeness (QED) is 0.755. The topological polar surface area (TPSA) is 92.5 Å². The number of likely N-dealkylation sites (N-methyl/N-ethyl adjacent to an activating group) is 2. The van der Waals surface area contributed by atoms with Crippen molar-refractivity contribution >= 4 is 21.6 Å². The molecule has 8 heteroatoms. The van der Waals surface area contributed by atoms with Gasteiger partial charge in [-0.3, -0.25) is 4.79 Å². The first-order valence-corrected chi connectivity index (χ1v) is 7.01. The van der Waals surface area contributed by atoms with E-state index in [9.17, 15) is 17.6 Å². The predicted molar refractivity (Wildman–Crippen MR) is 69.3 cm³/mol. The van der Waals surface area contributed by atoms with Crippen molar-refractivity contribution in [2.45, 2.75) is 11.8 Å². The molecular weight excluding hydrogens is 273 g/mol. The molecule has 0 saturated carbocycles. The highest BCUT2D eigenvalue weighted by Crippen LogP contribution is 2.22. The van der Waals surface area contributed by atoms with E-state index in [1.54, 1.807) is 6.92 Å². The van der Waals surface area contributed by atoms with Crippen molar-refractivity contribution in [3.05, 3.63) is 24.0 Å². The van der Waals surface area contributed by atoms with Gasteiger partial charge in [0.05, 0.1) is 12.2 Å². The Morgan fingerprint density at radius 1 is 1.47 bits per heavy atom. The number of nitrogens with one attached hydrogen (secondary N) is 1. The molecule has 0 aliphatic heterocycles. The minimum atomic E-state index is -3.92. The van der Waals surface area contributed by atoms with Gasteiger partial charge in [0.2, 0.25) is 15.9 Å². The lowest BCUT2D eigenvalue weighted by molar-refractivity contribution is -0.121. The maximum Gasteiger partial charge on any atom is 0.245 e. The van der Waals surface area contributed by atoms with Crippen LogP contribution in [0.15, 0.2) is 23.1 Å². The molecule has 0 aliphatic carbocycles. The molecule has 0 fully saturated rings. The van der Waals surface area contributed by atoms with Crippen LogP contribution in [0.5, 0.6) is 0 Å². The van der Waals surface area contributed by atoms with Crippen LogP contribution in [0.4, 0.5) is 10.1 Å².